The van der Waals surface area contributed by atoms with Crippen molar-refractivity contribution in [2.45, 2.75) is 19.4 Å². The maximum atomic E-state index is 12.3. The van der Waals surface area contributed by atoms with Crippen molar-refractivity contribution in [2.75, 3.05) is 23.9 Å². The van der Waals surface area contributed by atoms with Gasteiger partial charge in [0.15, 0.2) is 15.5 Å². The van der Waals surface area contributed by atoms with E-state index in [4.69, 9.17) is 4.74 Å². The zero-order valence-corrected chi connectivity index (χ0v) is 14.3. The molecule has 128 valence electrons. The Kier molecular flexibility index (Phi) is 4.31. The normalized spacial score (nSPS) is 19.2. The van der Waals surface area contributed by atoms with E-state index < -0.39 is 9.84 Å². The van der Waals surface area contributed by atoms with Crippen molar-refractivity contribution >= 4 is 21.4 Å². The second-order valence-electron chi connectivity index (χ2n) is 5.86. The molecule has 1 aliphatic rings. The Morgan fingerprint density at radius 3 is 2.62 bits per heavy atom. The van der Waals surface area contributed by atoms with E-state index in [1.54, 1.807) is 42.1 Å². The van der Waals surface area contributed by atoms with Gasteiger partial charge in [-0.1, -0.05) is 0 Å². The molecule has 8 heteroatoms. The molecule has 1 saturated heterocycles. The highest BCUT2D eigenvalue weighted by Crippen LogP contribution is 2.25. The molecule has 0 aliphatic carbocycles. The van der Waals surface area contributed by atoms with Crippen LogP contribution >= 0.6 is 0 Å². The smallest absolute Gasteiger partial charge is 0.276 e. The van der Waals surface area contributed by atoms with Crippen molar-refractivity contribution in [3.63, 3.8) is 0 Å². The standard InChI is InChI=1S/C16H19N3O4S/c1-11-9-15(18-19(11)13-7-8-24(21,22)10-13)16(20)17-12-3-5-14(23-2)6-4-12/h3-6,9,13H,7-8,10H2,1-2H3,(H,17,20). The molecule has 0 bridgehead atoms. The number of amides is 1. The van der Waals surface area contributed by atoms with E-state index in [-0.39, 0.29) is 29.1 Å². The minimum atomic E-state index is -3.00. The minimum absolute atomic E-state index is 0.0784. The molecule has 0 saturated carbocycles. The van der Waals surface area contributed by atoms with Crippen LogP contribution in [-0.4, -0.2) is 42.7 Å². The van der Waals surface area contributed by atoms with Crippen molar-refractivity contribution < 1.29 is 17.9 Å². The number of benzene rings is 1. The Morgan fingerprint density at radius 2 is 2.04 bits per heavy atom. The SMILES string of the molecule is COc1ccc(NC(=O)c2cc(C)n(C3CCS(=O)(=O)C3)n2)cc1. The average molecular weight is 349 g/mol. The van der Waals surface area contributed by atoms with Crippen LogP contribution in [0.15, 0.2) is 30.3 Å². The quantitative estimate of drug-likeness (QED) is 0.909. The lowest BCUT2D eigenvalue weighted by Crippen LogP contribution is -2.16. The largest absolute Gasteiger partial charge is 0.497 e. The number of aromatic nitrogens is 2. The van der Waals surface area contributed by atoms with Crippen LogP contribution in [0.25, 0.3) is 0 Å². The summed E-state index contributed by atoms with van der Waals surface area (Å²) in [5.41, 5.74) is 1.68. The Morgan fingerprint density at radius 1 is 1.33 bits per heavy atom. The Balaban J connectivity index is 1.75. The summed E-state index contributed by atoms with van der Waals surface area (Å²) in [5.74, 6) is 0.623. The van der Waals surface area contributed by atoms with Crippen molar-refractivity contribution in [3.8, 4) is 5.75 Å². The number of carbonyl (C=O) groups is 1. The fourth-order valence-electron chi connectivity index (χ4n) is 2.81. The highest BCUT2D eigenvalue weighted by atomic mass is 32.2. The zero-order chi connectivity index (χ0) is 17.3. The number of hydrogen-bond donors (Lipinski definition) is 1. The molecule has 2 aromatic rings. The molecule has 1 atom stereocenters. The topological polar surface area (TPSA) is 90.3 Å². The fraction of sp³-hybridized carbons (Fsp3) is 0.375. The number of nitrogens with zero attached hydrogens (tertiary/aromatic N) is 2. The molecule has 1 fully saturated rings. The van der Waals surface area contributed by atoms with Crippen molar-refractivity contribution in [3.05, 3.63) is 41.7 Å². The summed E-state index contributed by atoms with van der Waals surface area (Å²) in [7, 11) is -1.42. The molecule has 7 nitrogen and oxygen atoms in total. The Labute approximate surface area is 140 Å². The molecule has 2 heterocycles. The lowest BCUT2D eigenvalue weighted by Gasteiger charge is -2.10. The number of ether oxygens (including phenoxy) is 1. The lowest BCUT2D eigenvalue weighted by atomic mass is 10.2. The van der Waals surface area contributed by atoms with Crippen LogP contribution in [0, 0.1) is 6.92 Å². The summed E-state index contributed by atoms with van der Waals surface area (Å²) in [4.78, 5) is 12.3. The molecule has 1 aliphatic heterocycles. The van der Waals surface area contributed by atoms with Gasteiger partial charge in [0.1, 0.15) is 5.75 Å². The fourth-order valence-corrected chi connectivity index (χ4v) is 4.50. The van der Waals surface area contributed by atoms with Gasteiger partial charge >= 0.3 is 0 Å². The van der Waals surface area contributed by atoms with Gasteiger partial charge in [-0.3, -0.25) is 9.48 Å². The van der Waals surface area contributed by atoms with E-state index in [1.807, 2.05) is 6.92 Å². The van der Waals surface area contributed by atoms with Gasteiger partial charge in [-0.25, -0.2) is 8.42 Å². The predicted molar refractivity (Wildman–Crippen MR) is 90.2 cm³/mol. The van der Waals surface area contributed by atoms with Crippen LogP contribution in [0.4, 0.5) is 5.69 Å². The maximum Gasteiger partial charge on any atom is 0.276 e. The molecular formula is C16H19N3O4S. The predicted octanol–water partition coefficient (Wildman–Crippen LogP) is 1.81. The second kappa shape index (κ2) is 6.27. The summed E-state index contributed by atoms with van der Waals surface area (Å²) < 4.78 is 30.0. The van der Waals surface area contributed by atoms with Crippen molar-refractivity contribution in [2.24, 2.45) is 0 Å². The van der Waals surface area contributed by atoms with E-state index >= 15 is 0 Å². The van der Waals surface area contributed by atoms with Gasteiger partial charge in [0.25, 0.3) is 5.91 Å². The first-order valence-electron chi connectivity index (χ1n) is 7.60. The van der Waals surface area contributed by atoms with Crippen molar-refractivity contribution in [1.82, 2.24) is 9.78 Å². The first-order chi connectivity index (χ1) is 11.4. The van der Waals surface area contributed by atoms with Gasteiger partial charge < -0.3 is 10.1 Å². The third-order valence-electron chi connectivity index (χ3n) is 4.06. The molecule has 1 amide bonds. The van der Waals surface area contributed by atoms with Gasteiger partial charge in [-0.05, 0) is 43.7 Å². The van der Waals surface area contributed by atoms with Crippen LogP contribution in [0.5, 0.6) is 5.75 Å². The number of sulfone groups is 1. The number of anilines is 1. The van der Waals surface area contributed by atoms with E-state index in [1.165, 1.54) is 0 Å². The van der Waals surface area contributed by atoms with Gasteiger partial charge in [0, 0.05) is 11.4 Å². The van der Waals surface area contributed by atoms with Gasteiger partial charge in [-0.2, -0.15) is 5.10 Å². The third-order valence-corrected chi connectivity index (χ3v) is 5.81. The number of methoxy groups -OCH3 is 1. The molecule has 1 unspecified atom stereocenters. The number of nitrogens with one attached hydrogen (secondary N) is 1. The molecule has 24 heavy (non-hydrogen) atoms. The molecule has 3 rings (SSSR count). The monoisotopic (exact) mass is 349 g/mol. The first-order valence-corrected chi connectivity index (χ1v) is 9.42. The molecule has 1 N–H and O–H groups in total. The lowest BCUT2D eigenvalue weighted by molar-refractivity contribution is 0.102. The average Bonchev–Trinajstić information content (AvgIpc) is 3.10. The van der Waals surface area contributed by atoms with Crippen LogP contribution in [0.1, 0.15) is 28.6 Å². The molecule has 1 aromatic carbocycles. The second-order valence-corrected chi connectivity index (χ2v) is 8.08. The van der Waals surface area contributed by atoms with Crippen LogP contribution in [0.2, 0.25) is 0 Å². The minimum Gasteiger partial charge on any atom is -0.497 e. The molecular weight excluding hydrogens is 330 g/mol. The number of hydrogen-bond acceptors (Lipinski definition) is 5. The summed E-state index contributed by atoms with van der Waals surface area (Å²) in [6, 6.07) is 8.46. The van der Waals surface area contributed by atoms with Gasteiger partial charge in [0.05, 0.1) is 24.7 Å². The highest BCUT2D eigenvalue weighted by molar-refractivity contribution is 7.91. The van der Waals surface area contributed by atoms with E-state index in [9.17, 15) is 13.2 Å². The molecule has 0 radical (unpaired) electrons. The van der Waals surface area contributed by atoms with Gasteiger partial charge in [-0.15, -0.1) is 0 Å². The summed E-state index contributed by atoms with van der Waals surface area (Å²) in [6.07, 6.45) is 0.532. The molecule has 1 aromatic heterocycles. The number of carbonyl (C=O) groups excluding carboxylic acids is 1. The maximum absolute atomic E-state index is 12.3. The third kappa shape index (κ3) is 3.43. The summed E-state index contributed by atoms with van der Waals surface area (Å²) in [5, 5.41) is 7.07. The highest BCUT2D eigenvalue weighted by Gasteiger charge is 2.31. The number of rotatable bonds is 4. The van der Waals surface area contributed by atoms with Crippen LogP contribution in [0.3, 0.4) is 0 Å². The first kappa shape index (κ1) is 16.5. The van der Waals surface area contributed by atoms with Crippen LogP contribution in [-0.2, 0) is 9.84 Å². The summed E-state index contributed by atoms with van der Waals surface area (Å²) >= 11 is 0. The zero-order valence-electron chi connectivity index (χ0n) is 13.5. The summed E-state index contributed by atoms with van der Waals surface area (Å²) in [6.45, 7) is 1.82. The van der Waals surface area contributed by atoms with Crippen molar-refractivity contribution in [1.29, 1.82) is 0 Å². The van der Waals surface area contributed by atoms with E-state index in [2.05, 4.69) is 10.4 Å². The Bertz CT molecular complexity index is 856. The van der Waals surface area contributed by atoms with Crippen LogP contribution < -0.4 is 10.1 Å². The van der Waals surface area contributed by atoms with E-state index in [0.717, 1.165) is 5.69 Å². The Hall–Kier alpha value is -2.35. The number of aryl methyl sites for hydroxylation is 1. The van der Waals surface area contributed by atoms with Gasteiger partial charge in [0.2, 0.25) is 0 Å². The van der Waals surface area contributed by atoms with E-state index in [0.29, 0.717) is 17.9 Å². The molecule has 0 spiro atoms.